The smallest absolute Gasteiger partial charge is 0.287 e. The summed E-state index contributed by atoms with van der Waals surface area (Å²) < 4.78 is 6.77. The first-order chi connectivity index (χ1) is 17.9. The molecule has 4 aromatic rings. The Hall–Kier alpha value is -4.43. The average molecular weight is 557 g/mol. The molecule has 0 aliphatic rings. The molecule has 0 unspecified atom stereocenters. The van der Waals surface area contributed by atoms with Gasteiger partial charge < -0.3 is 14.6 Å². The minimum absolute atomic E-state index is 0.0543. The van der Waals surface area contributed by atoms with Crippen molar-refractivity contribution < 1.29 is 14.0 Å². The quantitative estimate of drug-likeness (QED) is 0.166. The topological polar surface area (TPSA) is 86.9 Å². The van der Waals surface area contributed by atoms with Crippen molar-refractivity contribution in [3.63, 3.8) is 0 Å². The number of hydrazone groups is 1. The third kappa shape index (κ3) is 7.05. The normalized spacial score (nSPS) is 11.4. The molecular weight excluding hydrogens is 532 g/mol. The monoisotopic (exact) mass is 556 g/mol. The second kappa shape index (κ2) is 12.0. The highest BCUT2D eigenvalue weighted by Crippen LogP contribution is 2.23. The zero-order valence-electron chi connectivity index (χ0n) is 20.3. The standard InChI is InChI=1S/C29H25BrN4O3/c1-34(2)24-14-8-20(9-15-24)18-26(32-28(35)22-6-4-3-5-7-22)29(36)33-31-19-25-16-17-27(37-25)21-10-12-23(30)13-11-21/h3-19H,1-2H3,(H,32,35)(H,33,36)/b26-18+,31-19?. The molecule has 2 amide bonds. The number of rotatable bonds is 8. The van der Waals surface area contributed by atoms with Crippen LogP contribution in [-0.4, -0.2) is 32.1 Å². The molecule has 4 rings (SSSR count). The minimum Gasteiger partial charge on any atom is -0.455 e. The molecule has 186 valence electrons. The van der Waals surface area contributed by atoms with Gasteiger partial charge in [-0.15, -0.1) is 0 Å². The molecule has 1 aromatic heterocycles. The van der Waals surface area contributed by atoms with E-state index in [2.05, 4.69) is 31.8 Å². The zero-order chi connectivity index (χ0) is 26.2. The van der Waals surface area contributed by atoms with Gasteiger partial charge in [0.05, 0.1) is 6.21 Å². The summed E-state index contributed by atoms with van der Waals surface area (Å²) in [5.74, 6) is 0.173. The Bertz CT molecular complexity index is 1420. The number of carbonyl (C=O) groups excluding carboxylic acids is 2. The molecule has 0 bridgehead atoms. The van der Waals surface area contributed by atoms with Crippen LogP contribution in [0.4, 0.5) is 5.69 Å². The van der Waals surface area contributed by atoms with Crippen LogP contribution in [0.25, 0.3) is 17.4 Å². The number of benzene rings is 3. The number of nitrogens with zero attached hydrogens (tertiary/aromatic N) is 2. The average Bonchev–Trinajstić information content (AvgIpc) is 3.38. The molecule has 37 heavy (non-hydrogen) atoms. The van der Waals surface area contributed by atoms with Crippen LogP contribution < -0.4 is 15.6 Å². The molecule has 7 nitrogen and oxygen atoms in total. The van der Waals surface area contributed by atoms with Gasteiger partial charge in [0.2, 0.25) is 0 Å². The maximum Gasteiger partial charge on any atom is 0.287 e. The van der Waals surface area contributed by atoms with Crippen LogP contribution in [0.1, 0.15) is 21.7 Å². The maximum atomic E-state index is 13.0. The van der Waals surface area contributed by atoms with Crippen LogP contribution in [0.3, 0.4) is 0 Å². The molecule has 2 N–H and O–H groups in total. The number of carbonyl (C=O) groups is 2. The molecule has 0 radical (unpaired) electrons. The number of amides is 2. The molecule has 0 aliphatic carbocycles. The van der Waals surface area contributed by atoms with Crippen molar-refractivity contribution >= 4 is 45.7 Å². The zero-order valence-corrected chi connectivity index (χ0v) is 21.9. The van der Waals surface area contributed by atoms with E-state index >= 15 is 0 Å². The fraction of sp³-hybridized carbons (Fsp3) is 0.0690. The molecule has 8 heteroatoms. The van der Waals surface area contributed by atoms with Crippen LogP contribution in [-0.2, 0) is 4.79 Å². The van der Waals surface area contributed by atoms with Crippen molar-refractivity contribution in [3.05, 3.63) is 118 Å². The van der Waals surface area contributed by atoms with Gasteiger partial charge in [-0.25, -0.2) is 5.43 Å². The molecule has 0 fully saturated rings. The van der Waals surface area contributed by atoms with Crippen LogP contribution in [0.2, 0.25) is 0 Å². The molecule has 3 aromatic carbocycles. The van der Waals surface area contributed by atoms with E-state index in [-0.39, 0.29) is 5.70 Å². The molecule has 0 saturated carbocycles. The fourth-order valence-electron chi connectivity index (χ4n) is 3.38. The number of hydrogen-bond donors (Lipinski definition) is 2. The van der Waals surface area contributed by atoms with Crippen molar-refractivity contribution in [1.29, 1.82) is 0 Å². The molecule has 0 spiro atoms. The largest absolute Gasteiger partial charge is 0.455 e. The number of furan rings is 1. The molecular formula is C29H25BrN4O3. The summed E-state index contributed by atoms with van der Waals surface area (Å²) in [6, 6.07) is 27.6. The Morgan fingerprint density at radius 1 is 0.892 bits per heavy atom. The molecule has 0 atom stereocenters. The van der Waals surface area contributed by atoms with Gasteiger partial charge in [-0.05, 0) is 60.2 Å². The number of hydrogen-bond acceptors (Lipinski definition) is 5. The van der Waals surface area contributed by atoms with E-state index in [1.807, 2.05) is 79.7 Å². The Labute approximate surface area is 223 Å². The van der Waals surface area contributed by atoms with E-state index in [0.717, 1.165) is 21.3 Å². The first-order valence-electron chi connectivity index (χ1n) is 11.4. The van der Waals surface area contributed by atoms with E-state index in [1.165, 1.54) is 6.21 Å². The summed E-state index contributed by atoms with van der Waals surface area (Å²) >= 11 is 3.42. The van der Waals surface area contributed by atoms with Gasteiger partial charge in [-0.1, -0.05) is 58.4 Å². The summed E-state index contributed by atoms with van der Waals surface area (Å²) in [4.78, 5) is 27.7. The van der Waals surface area contributed by atoms with Gasteiger partial charge in [-0.3, -0.25) is 9.59 Å². The van der Waals surface area contributed by atoms with Gasteiger partial charge in [0.25, 0.3) is 11.8 Å². The first kappa shape index (κ1) is 25.7. The van der Waals surface area contributed by atoms with Gasteiger partial charge in [-0.2, -0.15) is 5.10 Å². The van der Waals surface area contributed by atoms with Crippen molar-refractivity contribution in [2.24, 2.45) is 5.10 Å². The fourth-order valence-corrected chi connectivity index (χ4v) is 3.65. The summed E-state index contributed by atoms with van der Waals surface area (Å²) in [5, 5.41) is 6.71. The minimum atomic E-state index is -0.572. The predicted octanol–water partition coefficient (Wildman–Crippen LogP) is 5.70. The lowest BCUT2D eigenvalue weighted by atomic mass is 10.1. The van der Waals surface area contributed by atoms with Gasteiger partial charge in [0, 0.05) is 35.4 Å². The predicted molar refractivity (Wildman–Crippen MR) is 150 cm³/mol. The number of halogens is 1. The lowest BCUT2D eigenvalue weighted by molar-refractivity contribution is -0.117. The van der Waals surface area contributed by atoms with Crippen LogP contribution in [0, 0.1) is 0 Å². The highest BCUT2D eigenvalue weighted by molar-refractivity contribution is 9.10. The van der Waals surface area contributed by atoms with Gasteiger partial charge in [0.15, 0.2) is 0 Å². The second-order valence-corrected chi connectivity index (χ2v) is 9.19. The highest BCUT2D eigenvalue weighted by Gasteiger charge is 2.14. The Kier molecular flexibility index (Phi) is 8.33. The lowest BCUT2D eigenvalue weighted by Gasteiger charge is -2.12. The summed E-state index contributed by atoms with van der Waals surface area (Å²) in [5.41, 5.74) is 5.64. The van der Waals surface area contributed by atoms with Crippen molar-refractivity contribution in [2.75, 3.05) is 19.0 Å². The number of nitrogens with one attached hydrogen (secondary N) is 2. The van der Waals surface area contributed by atoms with Crippen LogP contribution in [0.15, 0.2) is 111 Å². The van der Waals surface area contributed by atoms with E-state index in [1.54, 1.807) is 36.4 Å². The highest BCUT2D eigenvalue weighted by atomic mass is 79.9. The molecule has 0 aliphatic heterocycles. The third-order valence-electron chi connectivity index (χ3n) is 5.36. The second-order valence-electron chi connectivity index (χ2n) is 8.27. The van der Waals surface area contributed by atoms with Crippen LogP contribution >= 0.6 is 15.9 Å². The molecule has 1 heterocycles. The summed E-state index contributed by atoms with van der Waals surface area (Å²) in [6.07, 6.45) is 3.01. The van der Waals surface area contributed by atoms with Crippen LogP contribution in [0.5, 0.6) is 0 Å². The Morgan fingerprint density at radius 3 is 2.27 bits per heavy atom. The van der Waals surface area contributed by atoms with E-state index in [9.17, 15) is 9.59 Å². The number of anilines is 1. The van der Waals surface area contributed by atoms with Crippen molar-refractivity contribution in [2.45, 2.75) is 0 Å². The van der Waals surface area contributed by atoms with Crippen molar-refractivity contribution in [1.82, 2.24) is 10.7 Å². The van der Waals surface area contributed by atoms with E-state index in [4.69, 9.17) is 4.42 Å². The SMILES string of the molecule is CN(C)c1ccc(/C=C(/NC(=O)c2ccccc2)C(=O)NN=Cc2ccc(-c3ccc(Br)cc3)o2)cc1. The van der Waals surface area contributed by atoms with Crippen molar-refractivity contribution in [3.8, 4) is 11.3 Å². The van der Waals surface area contributed by atoms with Gasteiger partial charge >= 0.3 is 0 Å². The third-order valence-corrected chi connectivity index (χ3v) is 5.89. The first-order valence-corrected chi connectivity index (χ1v) is 12.2. The van der Waals surface area contributed by atoms with E-state index < -0.39 is 11.8 Å². The summed E-state index contributed by atoms with van der Waals surface area (Å²) in [6.45, 7) is 0. The molecule has 0 saturated heterocycles. The summed E-state index contributed by atoms with van der Waals surface area (Å²) in [7, 11) is 3.89. The Balaban J connectivity index is 1.50. The van der Waals surface area contributed by atoms with Gasteiger partial charge in [0.1, 0.15) is 17.2 Å². The maximum absolute atomic E-state index is 13.0. The lowest BCUT2D eigenvalue weighted by Crippen LogP contribution is -2.32. The van der Waals surface area contributed by atoms with E-state index in [0.29, 0.717) is 17.1 Å². The Morgan fingerprint density at radius 2 is 1.59 bits per heavy atom.